The van der Waals surface area contributed by atoms with Crippen molar-refractivity contribution in [3.05, 3.63) is 12.4 Å². The first-order chi connectivity index (χ1) is 8.52. The lowest BCUT2D eigenvalue weighted by atomic mass is 9.85. The SMILES string of the molecule is Cn1cc(S(=O)(=O)NC(CC(=O)O)C(C)(C)C)cn1. The van der Waals surface area contributed by atoms with Gasteiger partial charge in [0.15, 0.2) is 0 Å². The maximum absolute atomic E-state index is 12.1. The fourth-order valence-electron chi connectivity index (χ4n) is 1.49. The fourth-order valence-corrected chi connectivity index (χ4v) is 2.92. The first-order valence-electron chi connectivity index (χ1n) is 5.75. The first kappa shape index (κ1) is 15.6. The number of carboxylic acids is 1. The van der Waals surface area contributed by atoms with Crippen LogP contribution in [0.4, 0.5) is 0 Å². The van der Waals surface area contributed by atoms with Crippen LogP contribution >= 0.6 is 0 Å². The number of aryl methyl sites for hydroxylation is 1. The molecule has 0 saturated heterocycles. The van der Waals surface area contributed by atoms with Gasteiger partial charge in [0.05, 0.1) is 12.6 Å². The van der Waals surface area contributed by atoms with Gasteiger partial charge in [-0.15, -0.1) is 0 Å². The topological polar surface area (TPSA) is 101 Å². The summed E-state index contributed by atoms with van der Waals surface area (Å²) in [6, 6.07) is -0.699. The van der Waals surface area contributed by atoms with Gasteiger partial charge in [-0.1, -0.05) is 20.8 Å². The number of hydrogen-bond acceptors (Lipinski definition) is 4. The van der Waals surface area contributed by atoms with Crippen molar-refractivity contribution in [2.75, 3.05) is 0 Å². The molecule has 1 atom stereocenters. The van der Waals surface area contributed by atoms with Crippen molar-refractivity contribution in [3.63, 3.8) is 0 Å². The van der Waals surface area contributed by atoms with Gasteiger partial charge in [-0.05, 0) is 5.41 Å². The lowest BCUT2D eigenvalue weighted by molar-refractivity contribution is -0.138. The Balaban J connectivity index is 2.99. The van der Waals surface area contributed by atoms with Gasteiger partial charge in [-0.2, -0.15) is 5.10 Å². The molecule has 0 saturated carbocycles. The number of aliphatic carboxylic acids is 1. The average Bonchev–Trinajstić information content (AvgIpc) is 2.62. The zero-order chi connectivity index (χ0) is 14.8. The van der Waals surface area contributed by atoms with E-state index in [-0.39, 0.29) is 11.3 Å². The van der Waals surface area contributed by atoms with E-state index >= 15 is 0 Å². The zero-order valence-corrected chi connectivity index (χ0v) is 12.2. The van der Waals surface area contributed by atoms with Crippen LogP contribution in [0.1, 0.15) is 27.2 Å². The molecule has 0 fully saturated rings. The highest BCUT2D eigenvalue weighted by molar-refractivity contribution is 7.89. The molecule has 7 nitrogen and oxygen atoms in total. The molecular formula is C11H19N3O4S. The highest BCUT2D eigenvalue weighted by Crippen LogP contribution is 2.23. The van der Waals surface area contributed by atoms with E-state index in [1.54, 1.807) is 27.8 Å². The first-order valence-corrected chi connectivity index (χ1v) is 7.23. The van der Waals surface area contributed by atoms with Crippen LogP contribution in [0.2, 0.25) is 0 Å². The van der Waals surface area contributed by atoms with Crippen molar-refractivity contribution in [2.24, 2.45) is 12.5 Å². The van der Waals surface area contributed by atoms with Crippen LogP contribution in [0.15, 0.2) is 17.3 Å². The van der Waals surface area contributed by atoms with Gasteiger partial charge in [-0.25, -0.2) is 13.1 Å². The number of carbonyl (C=O) groups is 1. The molecule has 0 aliphatic carbocycles. The number of sulfonamides is 1. The van der Waals surface area contributed by atoms with Crippen LogP contribution in [-0.4, -0.2) is 35.3 Å². The minimum atomic E-state index is -3.76. The summed E-state index contributed by atoms with van der Waals surface area (Å²) < 4.78 is 28.1. The number of aromatic nitrogens is 2. The Labute approximate surface area is 112 Å². The van der Waals surface area contributed by atoms with Gasteiger partial charge >= 0.3 is 5.97 Å². The highest BCUT2D eigenvalue weighted by Gasteiger charge is 2.31. The molecule has 1 unspecified atom stereocenters. The predicted octanol–water partition coefficient (Wildman–Crippen LogP) is 0.588. The molecule has 1 rings (SSSR count). The van der Waals surface area contributed by atoms with Crippen LogP contribution in [-0.2, 0) is 21.9 Å². The molecule has 0 radical (unpaired) electrons. The Morgan fingerprint density at radius 3 is 2.47 bits per heavy atom. The summed E-state index contributed by atoms with van der Waals surface area (Å²) >= 11 is 0. The van der Waals surface area contributed by atoms with Crippen molar-refractivity contribution >= 4 is 16.0 Å². The second-order valence-corrected chi connectivity index (χ2v) is 7.20. The molecule has 108 valence electrons. The Morgan fingerprint density at radius 1 is 1.53 bits per heavy atom. The maximum atomic E-state index is 12.1. The van der Waals surface area contributed by atoms with E-state index in [0.717, 1.165) is 0 Å². The third-order valence-electron chi connectivity index (χ3n) is 2.71. The second-order valence-electron chi connectivity index (χ2n) is 5.49. The summed E-state index contributed by atoms with van der Waals surface area (Å²) in [6.07, 6.45) is 2.31. The molecule has 19 heavy (non-hydrogen) atoms. The number of hydrogen-bond donors (Lipinski definition) is 2. The number of nitrogens with one attached hydrogen (secondary N) is 1. The molecule has 0 amide bonds. The van der Waals surface area contributed by atoms with E-state index in [9.17, 15) is 13.2 Å². The smallest absolute Gasteiger partial charge is 0.304 e. The number of nitrogens with zero attached hydrogens (tertiary/aromatic N) is 2. The third-order valence-corrected chi connectivity index (χ3v) is 4.14. The third kappa shape index (κ3) is 4.32. The minimum absolute atomic E-state index is 0.0228. The molecule has 0 aliphatic heterocycles. The van der Waals surface area contributed by atoms with Gasteiger partial charge in [0.1, 0.15) is 4.90 Å². The van der Waals surface area contributed by atoms with E-state index in [0.29, 0.717) is 0 Å². The van der Waals surface area contributed by atoms with Crippen molar-refractivity contribution in [1.29, 1.82) is 0 Å². The largest absolute Gasteiger partial charge is 0.481 e. The van der Waals surface area contributed by atoms with E-state index in [4.69, 9.17) is 5.11 Å². The Bertz CT molecular complexity index is 557. The zero-order valence-electron chi connectivity index (χ0n) is 11.4. The maximum Gasteiger partial charge on any atom is 0.304 e. The van der Waals surface area contributed by atoms with Crippen LogP contribution in [0.5, 0.6) is 0 Å². The quantitative estimate of drug-likeness (QED) is 0.826. The molecule has 0 aliphatic rings. The van der Waals surface area contributed by atoms with Crippen LogP contribution < -0.4 is 4.72 Å². The summed E-state index contributed by atoms with van der Waals surface area (Å²) in [5, 5.41) is 12.7. The average molecular weight is 289 g/mol. The lowest BCUT2D eigenvalue weighted by Gasteiger charge is -2.29. The van der Waals surface area contributed by atoms with E-state index in [2.05, 4.69) is 9.82 Å². The van der Waals surface area contributed by atoms with Crippen molar-refractivity contribution in [3.8, 4) is 0 Å². The van der Waals surface area contributed by atoms with E-state index < -0.39 is 27.4 Å². The molecule has 2 N–H and O–H groups in total. The van der Waals surface area contributed by atoms with Crippen molar-refractivity contribution < 1.29 is 18.3 Å². The monoisotopic (exact) mass is 289 g/mol. The molecule has 0 aromatic carbocycles. The van der Waals surface area contributed by atoms with Gasteiger partial charge < -0.3 is 5.11 Å². The van der Waals surface area contributed by atoms with Gasteiger partial charge in [0, 0.05) is 19.3 Å². The van der Waals surface area contributed by atoms with Crippen LogP contribution in [0.25, 0.3) is 0 Å². The highest BCUT2D eigenvalue weighted by atomic mass is 32.2. The van der Waals surface area contributed by atoms with Gasteiger partial charge in [-0.3, -0.25) is 9.48 Å². The number of rotatable bonds is 5. The standard InChI is InChI=1S/C11H19N3O4S/c1-11(2,3)9(5-10(15)16)13-19(17,18)8-6-12-14(4)7-8/h6-7,9,13H,5H2,1-4H3,(H,15,16). The Kier molecular flexibility index (Phi) is 4.36. The minimum Gasteiger partial charge on any atom is -0.481 e. The van der Waals surface area contributed by atoms with E-state index in [1.807, 2.05) is 0 Å². The molecular weight excluding hydrogens is 270 g/mol. The molecule has 8 heteroatoms. The molecule has 0 bridgehead atoms. The molecule has 1 heterocycles. The summed E-state index contributed by atoms with van der Waals surface area (Å²) in [5.74, 6) is -1.05. The molecule has 1 aromatic rings. The number of carboxylic acid groups (broad SMARTS) is 1. The van der Waals surface area contributed by atoms with Crippen LogP contribution in [0, 0.1) is 5.41 Å². The fraction of sp³-hybridized carbons (Fsp3) is 0.636. The second kappa shape index (κ2) is 5.30. The molecule has 1 aromatic heterocycles. The molecule has 0 spiro atoms. The van der Waals surface area contributed by atoms with Crippen LogP contribution in [0.3, 0.4) is 0 Å². The Hall–Kier alpha value is -1.41. The van der Waals surface area contributed by atoms with Crippen molar-refractivity contribution in [1.82, 2.24) is 14.5 Å². The van der Waals surface area contributed by atoms with Gasteiger partial charge in [0.2, 0.25) is 10.0 Å². The summed E-state index contributed by atoms with van der Waals surface area (Å²) in [4.78, 5) is 10.9. The summed E-state index contributed by atoms with van der Waals surface area (Å²) in [7, 11) is -2.16. The lowest BCUT2D eigenvalue weighted by Crippen LogP contribution is -2.44. The predicted molar refractivity (Wildman–Crippen MR) is 69.0 cm³/mol. The normalized spacial score (nSPS) is 14.3. The van der Waals surface area contributed by atoms with Gasteiger partial charge in [0.25, 0.3) is 0 Å². The summed E-state index contributed by atoms with van der Waals surface area (Å²) in [5.41, 5.74) is -0.506. The van der Waals surface area contributed by atoms with E-state index in [1.165, 1.54) is 17.1 Å². The summed E-state index contributed by atoms with van der Waals surface area (Å²) in [6.45, 7) is 5.35. The Morgan fingerprint density at radius 2 is 2.11 bits per heavy atom. The van der Waals surface area contributed by atoms with Crippen molar-refractivity contribution in [2.45, 2.75) is 38.1 Å².